The van der Waals surface area contributed by atoms with Gasteiger partial charge in [-0.3, -0.25) is 4.79 Å². The van der Waals surface area contributed by atoms with E-state index >= 15 is 0 Å². The zero-order valence-electron chi connectivity index (χ0n) is 19.0. The normalized spacial score (nSPS) is 9.93. The number of carbonyl (C=O) groups excluding carboxylic acids is 1. The molecule has 3 nitrogen and oxygen atoms in total. The second kappa shape index (κ2) is 28.0. The van der Waals surface area contributed by atoms with Crippen molar-refractivity contribution in [1.29, 1.82) is 0 Å². The molecule has 0 rings (SSSR count). The number of carbonyl (C=O) groups is 1. The van der Waals surface area contributed by atoms with Crippen LogP contribution in [0.2, 0.25) is 0 Å². The molecule has 28 heavy (non-hydrogen) atoms. The fourth-order valence-electron chi connectivity index (χ4n) is 2.99. The van der Waals surface area contributed by atoms with Crippen molar-refractivity contribution in [3.8, 4) is 0 Å². The number of unbranched alkanes of at least 4 members (excludes halogenated alkanes) is 15. The van der Waals surface area contributed by atoms with Gasteiger partial charge in [-0.25, -0.2) is 0 Å². The number of ether oxygens (including phenoxy) is 2. The Morgan fingerprint density at radius 3 is 1.32 bits per heavy atom. The molecule has 0 aromatic heterocycles. The molecule has 0 bridgehead atoms. The monoisotopic (exact) mass is 396 g/mol. The predicted molar refractivity (Wildman–Crippen MR) is 122 cm³/mol. The van der Waals surface area contributed by atoms with Crippen LogP contribution in [0.3, 0.4) is 0 Å². The lowest BCUT2D eigenvalue weighted by Gasteiger charge is -2.03. The largest absolute Gasteiger partial charge is 0.502 e. The molecular formula is C25H48O3. The molecule has 0 atom stereocenters. The molecule has 0 aliphatic heterocycles. The molecule has 0 saturated heterocycles. The minimum absolute atomic E-state index is 0.241. The SMILES string of the molecule is C=COC(=O)CC.C=COCCCCCCCCCCCCCCCCCC. The van der Waals surface area contributed by atoms with Crippen LogP contribution in [0.4, 0.5) is 0 Å². The van der Waals surface area contributed by atoms with Crippen molar-refractivity contribution >= 4 is 5.97 Å². The maximum absolute atomic E-state index is 10.1. The van der Waals surface area contributed by atoms with Gasteiger partial charge in [0.2, 0.25) is 0 Å². The lowest BCUT2D eigenvalue weighted by Crippen LogP contribution is -1.94. The molecule has 0 amide bonds. The first-order valence-corrected chi connectivity index (χ1v) is 11.8. The van der Waals surface area contributed by atoms with Crippen LogP contribution in [-0.2, 0) is 14.3 Å². The first-order chi connectivity index (χ1) is 13.7. The zero-order valence-corrected chi connectivity index (χ0v) is 19.0. The number of rotatable bonds is 20. The third-order valence-corrected chi connectivity index (χ3v) is 4.74. The summed E-state index contributed by atoms with van der Waals surface area (Å²) in [7, 11) is 0. The molecule has 0 radical (unpaired) electrons. The van der Waals surface area contributed by atoms with E-state index in [9.17, 15) is 4.79 Å². The van der Waals surface area contributed by atoms with E-state index in [2.05, 4.69) is 24.8 Å². The van der Waals surface area contributed by atoms with Crippen molar-refractivity contribution in [2.24, 2.45) is 0 Å². The van der Waals surface area contributed by atoms with Crippen molar-refractivity contribution < 1.29 is 14.3 Å². The maximum atomic E-state index is 10.1. The van der Waals surface area contributed by atoms with Gasteiger partial charge in [0.15, 0.2) is 0 Å². The van der Waals surface area contributed by atoms with E-state index in [1.807, 2.05) is 0 Å². The first kappa shape index (κ1) is 29.0. The zero-order chi connectivity index (χ0) is 21.1. The molecular weight excluding hydrogens is 348 g/mol. The van der Waals surface area contributed by atoms with Gasteiger partial charge in [0, 0.05) is 6.42 Å². The molecule has 166 valence electrons. The van der Waals surface area contributed by atoms with Crippen LogP contribution in [0.25, 0.3) is 0 Å². The molecule has 0 unspecified atom stereocenters. The summed E-state index contributed by atoms with van der Waals surface area (Å²) in [6.07, 6.45) is 25.7. The Kier molecular flexibility index (Phi) is 28.9. The van der Waals surface area contributed by atoms with Crippen LogP contribution in [0.15, 0.2) is 25.7 Å². The van der Waals surface area contributed by atoms with Gasteiger partial charge >= 0.3 is 5.97 Å². The Balaban J connectivity index is 0. The van der Waals surface area contributed by atoms with E-state index in [0.717, 1.165) is 12.9 Å². The molecule has 0 aliphatic carbocycles. The third-order valence-electron chi connectivity index (χ3n) is 4.74. The second-order valence-corrected chi connectivity index (χ2v) is 7.35. The molecule has 0 fully saturated rings. The molecule has 0 N–H and O–H groups in total. The average Bonchev–Trinajstić information content (AvgIpc) is 2.71. The highest BCUT2D eigenvalue weighted by Crippen LogP contribution is 2.13. The number of hydrogen-bond acceptors (Lipinski definition) is 3. The molecule has 0 aromatic carbocycles. The molecule has 0 spiro atoms. The van der Waals surface area contributed by atoms with Crippen LogP contribution < -0.4 is 0 Å². The van der Waals surface area contributed by atoms with Gasteiger partial charge in [0.25, 0.3) is 0 Å². The molecule has 0 heterocycles. The Morgan fingerprint density at radius 1 is 0.643 bits per heavy atom. The number of hydrogen-bond donors (Lipinski definition) is 0. The minimum Gasteiger partial charge on any atom is -0.502 e. The summed E-state index contributed by atoms with van der Waals surface area (Å²) in [5, 5.41) is 0. The Labute approximate surface area is 176 Å². The smallest absolute Gasteiger partial charge is 0.310 e. The van der Waals surface area contributed by atoms with Gasteiger partial charge in [0.05, 0.1) is 19.1 Å². The fourth-order valence-corrected chi connectivity index (χ4v) is 2.99. The van der Waals surface area contributed by atoms with Crippen molar-refractivity contribution in [2.45, 2.75) is 123 Å². The maximum Gasteiger partial charge on any atom is 0.310 e. The Bertz CT molecular complexity index is 326. The lowest BCUT2D eigenvalue weighted by molar-refractivity contribution is -0.137. The van der Waals surface area contributed by atoms with E-state index in [1.165, 1.54) is 103 Å². The van der Waals surface area contributed by atoms with Crippen LogP contribution in [-0.4, -0.2) is 12.6 Å². The highest BCUT2D eigenvalue weighted by molar-refractivity contribution is 5.69. The topological polar surface area (TPSA) is 35.5 Å². The van der Waals surface area contributed by atoms with Gasteiger partial charge < -0.3 is 9.47 Å². The predicted octanol–water partition coefficient (Wildman–Crippen LogP) is 8.49. The summed E-state index contributed by atoms with van der Waals surface area (Å²) in [6, 6.07) is 0. The van der Waals surface area contributed by atoms with Gasteiger partial charge in [-0.2, -0.15) is 0 Å². The third kappa shape index (κ3) is 29.5. The lowest BCUT2D eigenvalue weighted by atomic mass is 10.0. The van der Waals surface area contributed by atoms with E-state index in [1.54, 1.807) is 13.2 Å². The number of esters is 1. The second-order valence-electron chi connectivity index (χ2n) is 7.35. The van der Waals surface area contributed by atoms with Gasteiger partial charge in [0.1, 0.15) is 0 Å². The molecule has 0 aromatic rings. The van der Waals surface area contributed by atoms with Crippen LogP contribution >= 0.6 is 0 Å². The highest BCUT2D eigenvalue weighted by Gasteiger charge is 1.94. The van der Waals surface area contributed by atoms with E-state index in [-0.39, 0.29) is 5.97 Å². The minimum atomic E-state index is -0.241. The van der Waals surface area contributed by atoms with E-state index in [0.29, 0.717) is 6.42 Å². The average molecular weight is 397 g/mol. The molecule has 0 saturated carbocycles. The summed E-state index contributed by atoms with van der Waals surface area (Å²) in [4.78, 5) is 10.1. The fraction of sp³-hybridized carbons (Fsp3) is 0.800. The van der Waals surface area contributed by atoms with Gasteiger partial charge in [-0.05, 0) is 6.42 Å². The van der Waals surface area contributed by atoms with Crippen molar-refractivity contribution in [3.05, 3.63) is 25.7 Å². The van der Waals surface area contributed by atoms with E-state index < -0.39 is 0 Å². The van der Waals surface area contributed by atoms with E-state index in [4.69, 9.17) is 4.74 Å². The van der Waals surface area contributed by atoms with Crippen molar-refractivity contribution in [2.75, 3.05) is 6.61 Å². The van der Waals surface area contributed by atoms with Crippen LogP contribution in [0.5, 0.6) is 0 Å². The summed E-state index contributed by atoms with van der Waals surface area (Å²) >= 11 is 0. The van der Waals surface area contributed by atoms with Gasteiger partial charge in [-0.15, -0.1) is 0 Å². The van der Waals surface area contributed by atoms with Crippen molar-refractivity contribution in [3.63, 3.8) is 0 Å². The van der Waals surface area contributed by atoms with Crippen molar-refractivity contribution in [1.82, 2.24) is 0 Å². The summed E-state index contributed by atoms with van der Waals surface area (Å²) in [5.41, 5.74) is 0. The Hall–Kier alpha value is -1.25. The van der Waals surface area contributed by atoms with Gasteiger partial charge in [-0.1, -0.05) is 123 Å². The quantitative estimate of drug-likeness (QED) is 0.117. The summed E-state index contributed by atoms with van der Waals surface area (Å²) in [6.45, 7) is 11.6. The summed E-state index contributed by atoms with van der Waals surface area (Å²) in [5.74, 6) is -0.241. The Morgan fingerprint density at radius 2 is 1.04 bits per heavy atom. The standard InChI is InChI=1S/C20H40O.C5H8O2/c1-3-5-6-7-8-9-10-11-12-13-14-15-16-17-18-19-20-21-4-2;1-3-5(6)7-4-2/h4H,2-3,5-20H2,1H3;4H,2-3H2,1H3. The van der Waals surface area contributed by atoms with Crippen LogP contribution in [0, 0.1) is 0 Å². The summed E-state index contributed by atoms with van der Waals surface area (Å²) < 4.78 is 9.43. The van der Waals surface area contributed by atoms with Crippen LogP contribution in [0.1, 0.15) is 123 Å². The molecule has 0 aliphatic rings. The molecule has 3 heteroatoms. The first-order valence-electron chi connectivity index (χ1n) is 11.8. The highest BCUT2D eigenvalue weighted by atomic mass is 16.5.